The summed E-state index contributed by atoms with van der Waals surface area (Å²) in [6, 6.07) is 12.9. The average molecular weight is 569 g/mol. The molecule has 2 aromatic rings. The highest BCUT2D eigenvalue weighted by molar-refractivity contribution is 14.1. The molecule has 0 aromatic heterocycles. The van der Waals surface area contributed by atoms with E-state index in [1.54, 1.807) is 24.3 Å². The van der Waals surface area contributed by atoms with Gasteiger partial charge in [0.25, 0.3) is 5.91 Å². The molecule has 0 bridgehead atoms. The number of hydrogen-bond donors (Lipinski definition) is 1. The molecule has 1 amide bonds. The van der Waals surface area contributed by atoms with Crippen LogP contribution in [0.2, 0.25) is 0 Å². The number of nitrogens with one attached hydrogen (secondary N) is 1. The number of rotatable bonds is 7. The van der Waals surface area contributed by atoms with Crippen LogP contribution in [-0.4, -0.2) is 25.6 Å². The Morgan fingerprint density at radius 2 is 1.97 bits per heavy atom. The third-order valence-electron chi connectivity index (χ3n) is 3.88. The van der Waals surface area contributed by atoms with Gasteiger partial charge >= 0.3 is 5.97 Å². The van der Waals surface area contributed by atoms with E-state index in [0.717, 1.165) is 12.0 Å². The van der Waals surface area contributed by atoms with Gasteiger partial charge in [0, 0.05) is 5.69 Å². The molecule has 0 atom stereocenters. The molecule has 0 saturated carbocycles. The van der Waals surface area contributed by atoms with Gasteiger partial charge in [0.15, 0.2) is 6.61 Å². The molecule has 0 aliphatic rings. The number of anilines is 1. The number of halogens is 2. The van der Waals surface area contributed by atoms with Crippen molar-refractivity contribution in [1.82, 2.24) is 0 Å². The Hall–Kier alpha value is -2.38. The van der Waals surface area contributed by atoms with Crippen LogP contribution < -0.4 is 10.1 Å². The van der Waals surface area contributed by atoms with Crippen LogP contribution in [0.1, 0.15) is 18.1 Å². The molecule has 0 fully saturated rings. The molecule has 0 aliphatic heterocycles. The highest BCUT2D eigenvalue weighted by atomic mass is 127. The van der Waals surface area contributed by atoms with Gasteiger partial charge in [-0.2, -0.15) is 5.26 Å². The number of methoxy groups -OCH3 is 1. The third kappa shape index (κ3) is 6.58. The van der Waals surface area contributed by atoms with Gasteiger partial charge < -0.3 is 14.8 Å². The third-order valence-corrected chi connectivity index (χ3v) is 5.27. The van der Waals surface area contributed by atoms with Crippen LogP contribution in [0, 0.1) is 14.9 Å². The minimum absolute atomic E-state index is 0.0319. The summed E-state index contributed by atoms with van der Waals surface area (Å²) in [6.45, 7) is 1.83. The molecule has 0 spiro atoms. The largest absolute Gasteiger partial charge is 0.480 e. The van der Waals surface area contributed by atoms with Crippen LogP contribution in [0.5, 0.6) is 5.75 Å². The van der Waals surface area contributed by atoms with Crippen LogP contribution in [0.15, 0.2) is 46.4 Å². The fraction of sp³-hybridized carbons (Fsp3) is 0.190. The summed E-state index contributed by atoms with van der Waals surface area (Å²) in [6.07, 6.45) is 2.40. The number of benzene rings is 2. The van der Waals surface area contributed by atoms with Gasteiger partial charge in [0.2, 0.25) is 0 Å². The van der Waals surface area contributed by atoms with E-state index >= 15 is 0 Å². The van der Waals surface area contributed by atoms with Crippen LogP contribution in [-0.2, 0) is 20.7 Å². The van der Waals surface area contributed by atoms with Crippen molar-refractivity contribution in [3.8, 4) is 11.8 Å². The SMILES string of the molecule is CCc1ccc(NC(=O)/C(C#N)=C/c2cc(Br)c(OCC(=O)OC)c(I)c2)cc1. The molecule has 0 radical (unpaired) electrons. The second-order valence-corrected chi connectivity index (χ2v) is 7.87. The van der Waals surface area contributed by atoms with E-state index < -0.39 is 11.9 Å². The van der Waals surface area contributed by atoms with Gasteiger partial charge in [-0.05, 0) is 86.4 Å². The summed E-state index contributed by atoms with van der Waals surface area (Å²) < 4.78 is 11.3. The molecule has 0 aliphatic carbocycles. The second-order valence-electron chi connectivity index (χ2n) is 5.85. The predicted molar refractivity (Wildman–Crippen MR) is 122 cm³/mol. The van der Waals surface area contributed by atoms with E-state index in [0.29, 0.717) is 25.0 Å². The molecular weight excluding hydrogens is 551 g/mol. The zero-order chi connectivity index (χ0) is 21.4. The number of hydrogen-bond acceptors (Lipinski definition) is 5. The molecule has 2 aromatic carbocycles. The smallest absolute Gasteiger partial charge is 0.343 e. The standard InChI is InChI=1S/C21H18BrIN2O4/c1-3-13-4-6-16(7-5-13)25-21(27)15(11-24)8-14-9-17(22)20(18(23)10-14)29-12-19(26)28-2/h4-10H,3,12H2,1-2H3,(H,25,27)/b15-8+. The number of ether oxygens (including phenoxy) is 2. The summed E-state index contributed by atoms with van der Waals surface area (Å²) in [5, 5.41) is 12.1. The Bertz CT molecular complexity index is 958. The molecule has 29 heavy (non-hydrogen) atoms. The predicted octanol–water partition coefficient (Wildman–Crippen LogP) is 4.71. The Morgan fingerprint density at radius 3 is 2.52 bits per heavy atom. The van der Waals surface area contributed by atoms with Crippen molar-refractivity contribution in [1.29, 1.82) is 5.26 Å². The van der Waals surface area contributed by atoms with Crippen LogP contribution in [0.3, 0.4) is 0 Å². The molecule has 8 heteroatoms. The zero-order valence-corrected chi connectivity index (χ0v) is 19.5. The Morgan fingerprint density at radius 1 is 1.28 bits per heavy atom. The lowest BCUT2D eigenvalue weighted by molar-refractivity contribution is -0.142. The van der Waals surface area contributed by atoms with E-state index in [2.05, 4.69) is 55.5 Å². The first-order valence-electron chi connectivity index (χ1n) is 8.58. The van der Waals surface area contributed by atoms with E-state index in [9.17, 15) is 14.9 Å². The molecule has 6 nitrogen and oxygen atoms in total. The molecule has 2 rings (SSSR count). The number of carbonyl (C=O) groups excluding carboxylic acids is 2. The van der Waals surface area contributed by atoms with Gasteiger partial charge in [-0.3, -0.25) is 4.79 Å². The molecular formula is C21H18BrIN2O4. The number of carbonyl (C=O) groups is 2. The van der Waals surface area contributed by atoms with Crippen LogP contribution in [0.4, 0.5) is 5.69 Å². The van der Waals surface area contributed by atoms with Gasteiger partial charge in [0.05, 0.1) is 15.2 Å². The summed E-state index contributed by atoms with van der Waals surface area (Å²) in [7, 11) is 1.28. The maximum absolute atomic E-state index is 12.5. The number of esters is 1. The van der Waals surface area contributed by atoms with Crippen LogP contribution >= 0.6 is 38.5 Å². The minimum Gasteiger partial charge on any atom is -0.480 e. The fourth-order valence-corrected chi connectivity index (χ4v) is 4.10. The minimum atomic E-state index is -0.493. The van der Waals surface area contributed by atoms with Gasteiger partial charge in [-0.25, -0.2) is 4.79 Å². The lowest BCUT2D eigenvalue weighted by Crippen LogP contribution is -2.14. The average Bonchev–Trinajstić information content (AvgIpc) is 2.71. The number of aryl methyl sites for hydroxylation is 1. The van der Waals surface area contributed by atoms with Gasteiger partial charge in [-0.15, -0.1) is 0 Å². The van der Waals surface area contributed by atoms with Crippen molar-refractivity contribution < 1.29 is 19.1 Å². The summed E-state index contributed by atoms with van der Waals surface area (Å²) in [5.41, 5.74) is 2.39. The van der Waals surface area contributed by atoms with E-state index in [4.69, 9.17) is 4.74 Å². The topological polar surface area (TPSA) is 88.4 Å². The van der Waals surface area contributed by atoms with Gasteiger partial charge in [0.1, 0.15) is 17.4 Å². The first kappa shape index (κ1) is 22.9. The number of nitriles is 1. The molecule has 1 N–H and O–H groups in total. The monoisotopic (exact) mass is 568 g/mol. The Labute approximate surface area is 191 Å². The normalized spacial score (nSPS) is 10.8. The summed E-state index contributed by atoms with van der Waals surface area (Å²) >= 11 is 5.44. The number of amides is 1. The van der Waals surface area contributed by atoms with Crippen molar-refractivity contribution in [2.45, 2.75) is 13.3 Å². The van der Waals surface area contributed by atoms with Crippen molar-refractivity contribution >= 4 is 62.2 Å². The molecule has 150 valence electrons. The molecule has 0 unspecified atom stereocenters. The quantitative estimate of drug-likeness (QED) is 0.226. The van der Waals surface area contributed by atoms with Crippen molar-refractivity contribution in [2.24, 2.45) is 0 Å². The zero-order valence-electron chi connectivity index (χ0n) is 15.8. The fourth-order valence-electron chi connectivity index (χ4n) is 2.33. The van der Waals surface area contributed by atoms with Crippen molar-refractivity contribution in [3.63, 3.8) is 0 Å². The summed E-state index contributed by atoms with van der Waals surface area (Å²) in [4.78, 5) is 23.7. The van der Waals surface area contributed by atoms with Crippen molar-refractivity contribution in [2.75, 3.05) is 19.0 Å². The lowest BCUT2D eigenvalue weighted by Gasteiger charge is -2.11. The maximum atomic E-state index is 12.5. The Kier molecular flexibility index (Phi) is 8.67. The Balaban J connectivity index is 2.19. The summed E-state index contributed by atoms with van der Waals surface area (Å²) in [5.74, 6) is -0.506. The maximum Gasteiger partial charge on any atom is 0.343 e. The number of nitrogens with zero attached hydrogens (tertiary/aromatic N) is 1. The first-order chi connectivity index (χ1) is 13.9. The van der Waals surface area contributed by atoms with E-state index in [1.807, 2.05) is 18.2 Å². The van der Waals surface area contributed by atoms with Crippen LogP contribution in [0.25, 0.3) is 6.08 Å². The second kappa shape index (κ2) is 11.0. The molecule has 0 heterocycles. The van der Waals surface area contributed by atoms with Gasteiger partial charge in [-0.1, -0.05) is 19.1 Å². The van der Waals surface area contributed by atoms with E-state index in [-0.39, 0.29) is 12.2 Å². The lowest BCUT2D eigenvalue weighted by atomic mass is 10.1. The van der Waals surface area contributed by atoms with E-state index in [1.165, 1.54) is 13.2 Å². The highest BCUT2D eigenvalue weighted by Gasteiger charge is 2.13. The first-order valence-corrected chi connectivity index (χ1v) is 10.5. The van der Waals surface area contributed by atoms with Crippen molar-refractivity contribution in [3.05, 3.63) is 61.1 Å². The highest BCUT2D eigenvalue weighted by Crippen LogP contribution is 2.32. The molecule has 0 saturated heterocycles.